The largest absolute Gasteiger partial charge is 0.482 e. The first kappa shape index (κ1) is 20.7. The van der Waals surface area contributed by atoms with Gasteiger partial charge in [-0.3, -0.25) is 4.79 Å². The van der Waals surface area contributed by atoms with Crippen molar-refractivity contribution in [3.63, 3.8) is 0 Å². The maximum Gasteiger partial charge on any atom is 0.316 e. The van der Waals surface area contributed by atoms with E-state index in [1.165, 1.54) is 23.8 Å². The van der Waals surface area contributed by atoms with Gasteiger partial charge in [0.15, 0.2) is 6.61 Å². The molecule has 0 saturated carbocycles. The molecule has 2 aromatic rings. The smallest absolute Gasteiger partial charge is 0.316 e. The number of nitrogens with two attached hydrogens (primary N) is 1. The third-order valence-corrected chi connectivity index (χ3v) is 4.78. The average Bonchev–Trinajstić information content (AvgIpc) is 2.69. The zero-order chi connectivity index (χ0) is 20.8. The molecule has 0 aromatic heterocycles. The predicted molar refractivity (Wildman–Crippen MR) is 110 cm³/mol. The molecule has 6 nitrogen and oxygen atoms in total. The van der Waals surface area contributed by atoms with E-state index in [1.807, 2.05) is 6.08 Å². The molecule has 3 rings (SSSR count). The van der Waals surface area contributed by atoms with Crippen LogP contribution in [0.15, 0.2) is 48.0 Å². The Morgan fingerprint density at radius 3 is 2.52 bits per heavy atom. The monoisotopic (exact) mass is 417 g/mol. The van der Waals surface area contributed by atoms with Crippen LogP contribution in [0.5, 0.6) is 5.75 Å². The van der Waals surface area contributed by atoms with Crippen molar-refractivity contribution < 1.29 is 18.7 Å². The molecule has 3 N–H and O–H groups in total. The van der Waals surface area contributed by atoms with Crippen LogP contribution in [0.2, 0.25) is 5.02 Å². The molecule has 29 heavy (non-hydrogen) atoms. The second-order valence-corrected chi connectivity index (χ2v) is 7.09. The standard InChI is InChI=1S/C21H21ClFN3O3/c22-16-3-6-19(18(12-16)25-21(24)28)29-13-20(27)26-9-7-15(8-10-26)11-14-1-4-17(23)5-2-14/h1-6,11-12H,7-10,13H2,(H3,24,25,28). The molecule has 0 aliphatic carbocycles. The first-order chi connectivity index (χ1) is 13.9. The van der Waals surface area contributed by atoms with Crippen LogP contribution >= 0.6 is 11.6 Å². The summed E-state index contributed by atoms with van der Waals surface area (Å²) in [7, 11) is 0. The number of halogens is 2. The van der Waals surface area contributed by atoms with E-state index in [-0.39, 0.29) is 18.3 Å². The van der Waals surface area contributed by atoms with Crippen molar-refractivity contribution in [1.29, 1.82) is 0 Å². The SMILES string of the molecule is NC(=O)Nc1cc(Cl)ccc1OCC(=O)N1CCC(=Cc2ccc(F)cc2)CC1. The number of carbonyl (C=O) groups excluding carboxylic acids is 2. The maximum absolute atomic E-state index is 13.0. The number of nitrogens with one attached hydrogen (secondary N) is 1. The quantitative estimate of drug-likeness (QED) is 0.769. The summed E-state index contributed by atoms with van der Waals surface area (Å²) in [5.41, 5.74) is 7.61. The number of urea groups is 1. The minimum atomic E-state index is -0.750. The van der Waals surface area contributed by atoms with Gasteiger partial charge in [-0.15, -0.1) is 0 Å². The fourth-order valence-corrected chi connectivity index (χ4v) is 3.24. The molecular weight excluding hydrogens is 397 g/mol. The van der Waals surface area contributed by atoms with Crippen LogP contribution in [0.25, 0.3) is 6.08 Å². The second-order valence-electron chi connectivity index (χ2n) is 6.65. The molecule has 3 amide bonds. The molecule has 0 radical (unpaired) electrons. The zero-order valence-electron chi connectivity index (χ0n) is 15.7. The van der Waals surface area contributed by atoms with Crippen molar-refractivity contribution in [3.8, 4) is 5.75 Å². The summed E-state index contributed by atoms with van der Waals surface area (Å²) in [6.45, 7) is 1.01. The van der Waals surface area contributed by atoms with Gasteiger partial charge in [0.05, 0.1) is 5.69 Å². The van der Waals surface area contributed by atoms with Crippen LogP contribution in [0.3, 0.4) is 0 Å². The molecule has 0 spiro atoms. The number of amides is 3. The Bertz CT molecular complexity index is 921. The Kier molecular flexibility index (Phi) is 6.72. The second kappa shape index (κ2) is 9.43. The highest BCUT2D eigenvalue weighted by Gasteiger charge is 2.20. The Morgan fingerprint density at radius 1 is 1.17 bits per heavy atom. The first-order valence-electron chi connectivity index (χ1n) is 9.12. The number of hydrogen-bond acceptors (Lipinski definition) is 3. The number of hydrogen-bond donors (Lipinski definition) is 2. The molecular formula is C21H21ClFN3O3. The van der Waals surface area contributed by atoms with Crippen molar-refractivity contribution in [2.24, 2.45) is 5.73 Å². The summed E-state index contributed by atoms with van der Waals surface area (Å²) in [4.78, 5) is 25.3. The molecule has 1 heterocycles. The van der Waals surface area contributed by atoms with Crippen molar-refractivity contribution >= 4 is 35.3 Å². The summed E-state index contributed by atoms with van der Waals surface area (Å²) >= 11 is 5.92. The minimum absolute atomic E-state index is 0.147. The predicted octanol–water partition coefficient (Wildman–Crippen LogP) is 4.05. The molecule has 152 valence electrons. The van der Waals surface area contributed by atoms with Gasteiger partial charge in [0, 0.05) is 18.1 Å². The van der Waals surface area contributed by atoms with Crippen LogP contribution in [0, 0.1) is 5.82 Å². The van der Waals surface area contributed by atoms with Crippen molar-refractivity contribution in [2.75, 3.05) is 25.0 Å². The van der Waals surface area contributed by atoms with Gasteiger partial charge in [-0.25, -0.2) is 9.18 Å². The van der Waals surface area contributed by atoms with Crippen LogP contribution in [-0.2, 0) is 4.79 Å². The topological polar surface area (TPSA) is 84.7 Å². The van der Waals surface area contributed by atoms with Gasteiger partial charge in [0.2, 0.25) is 0 Å². The van der Waals surface area contributed by atoms with Gasteiger partial charge in [-0.2, -0.15) is 0 Å². The summed E-state index contributed by atoms with van der Waals surface area (Å²) in [6.07, 6.45) is 3.53. The van der Waals surface area contributed by atoms with Crippen molar-refractivity contribution in [2.45, 2.75) is 12.8 Å². The van der Waals surface area contributed by atoms with Gasteiger partial charge in [-0.1, -0.05) is 35.4 Å². The number of ether oxygens (including phenoxy) is 1. The number of nitrogens with zero attached hydrogens (tertiary/aromatic N) is 1. The number of anilines is 1. The Hall–Kier alpha value is -3.06. The number of carbonyl (C=O) groups is 2. The molecule has 2 aromatic carbocycles. The molecule has 0 unspecified atom stereocenters. The molecule has 1 saturated heterocycles. The molecule has 1 fully saturated rings. The van der Waals surface area contributed by atoms with E-state index in [9.17, 15) is 14.0 Å². The fourth-order valence-electron chi connectivity index (χ4n) is 3.07. The summed E-state index contributed by atoms with van der Waals surface area (Å²) in [6, 6.07) is 10.2. The first-order valence-corrected chi connectivity index (χ1v) is 9.50. The third kappa shape index (κ3) is 5.96. The van der Waals surface area contributed by atoms with Crippen molar-refractivity contribution in [3.05, 3.63) is 64.4 Å². The minimum Gasteiger partial charge on any atom is -0.482 e. The number of piperidine rings is 1. The maximum atomic E-state index is 13.0. The van der Waals surface area contributed by atoms with Crippen LogP contribution in [-0.4, -0.2) is 36.5 Å². The summed E-state index contributed by atoms with van der Waals surface area (Å²) in [5, 5.41) is 2.83. The van der Waals surface area contributed by atoms with E-state index >= 15 is 0 Å². The zero-order valence-corrected chi connectivity index (χ0v) is 16.4. The number of likely N-dealkylation sites (tertiary alicyclic amines) is 1. The number of benzene rings is 2. The Balaban J connectivity index is 1.54. The third-order valence-electron chi connectivity index (χ3n) is 4.55. The van der Waals surface area contributed by atoms with E-state index < -0.39 is 6.03 Å². The number of rotatable bonds is 5. The lowest BCUT2D eigenvalue weighted by atomic mass is 10.0. The van der Waals surface area contributed by atoms with Crippen LogP contribution < -0.4 is 15.8 Å². The highest BCUT2D eigenvalue weighted by molar-refractivity contribution is 6.31. The van der Waals surface area contributed by atoms with E-state index in [1.54, 1.807) is 29.2 Å². The van der Waals surface area contributed by atoms with Crippen LogP contribution in [0.1, 0.15) is 18.4 Å². The molecule has 1 aliphatic heterocycles. The highest BCUT2D eigenvalue weighted by Crippen LogP contribution is 2.28. The summed E-state index contributed by atoms with van der Waals surface area (Å²) < 4.78 is 18.6. The lowest BCUT2D eigenvalue weighted by molar-refractivity contribution is -0.133. The lowest BCUT2D eigenvalue weighted by Gasteiger charge is -2.28. The van der Waals surface area contributed by atoms with Gasteiger partial charge >= 0.3 is 6.03 Å². The normalized spacial score (nSPS) is 13.7. The number of primary amides is 1. The Labute approximate surface area is 173 Å². The molecule has 8 heteroatoms. The van der Waals surface area contributed by atoms with Crippen LogP contribution in [0.4, 0.5) is 14.9 Å². The van der Waals surface area contributed by atoms with Crippen molar-refractivity contribution in [1.82, 2.24) is 4.90 Å². The van der Waals surface area contributed by atoms with Gasteiger partial charge in [-0.05, 0) is 48.7 Å². The average molecular weight is 418 g/mol. The molecule has 0 bridgehead atoms. The fraction of sp³-hybridized carbons (Fsp3) is 0.238. The Morgan fingerprint density at radius 2 is 1.86 bits per heavy atom. The van der Waals surface area contributed by atoms with Gasteiger partial charge in [0.1, 0.15) is 11.6 Å². The molecule has 0 atom stereocenters. The molecule has 1 aliphatic rings. The van der Waals surface area contributed by atoms with Gasteiger partial charge < -0.3 is 20.7 Å². The summed E-state index contributed by atoms with van der Waals surface area (Å²) in [5.74, 6) is -0.0938. The highest BCUT2D eigenvalue weighted by atomic mass is 35.5. The van der Waals surface area contributed by atoms with E-state index in [0.717, 1.165) is 18.4 Å². The van der Waals surface area contributed by atoms with E-state index in [0.29, 0.717) is 29.5 Å². The van der Waals surface area contributed by atoms with E-state index in [4.69, 9.17) is 22.1 Å². The lowest BCUT2D eigenvalue weighted by Crippen LogP contribution is -2.39. The van der Waals surface area contributed by atoms with Gasteiger partial charge in [0.25, 0.3) is 5.91 Å². The van der Waals surface area contributed by atoms with E-state index in [2.05, 4.69) is 5.32 Å².